The van der Waals surface area contributed by atoms with Gasteiger partial charge in [0.25, 0.3) is 0 Å². The number of rotatable bonds is 4. The summed E-state index contributed by atoms with van der Waals surface area (Å²) in [5, 5.41) is 1.52. The predicted octanol–water partition coefficient (Wildman–Crippen LogP) is 6.90. The van der Waals surface area contributed by atoms with Crippen LogP contribution in [0.25, 0.3) is 28.1 Å². The van der Waals surface area contributed by atoms with Gasteiger partial charge in [-0.15, -0.1) is 0 Å². The Morgan fingerprint density at radius 3 is 2.52 bits per heavy atom. The van der Waals surface area contributed by atoms with Crippen LogP contribution in [0.1, 0.15) is 21.6 Å². The summed E-state index contributed by atoms with van der Waals surface area (Å²) in [7, 11) is 0. The third-order valence-corrected chi connectivity index (χ3v) is 4.98. The lowest BCUT2D eigenvalue weighted by Gasteiger charge is -2.14. The van der Waals surface area contributed by atoms with Crippen molar-refractivity contribution in [1.29, 1.82) is 0 Å². The molecule has 3 aromatic carbocycles. The van der Waals surface area contributed by atoms with Crippen molar-refractivity contribution in [2.45, 2.75) is 6.92 Å². The van der Waals surface area contributed by atoms with Crippen LogP contribution in [-0.4, -0.2) is 10.8 Å². The number of allylic oxidation sites excluding steroid dienone is 1. The van der Waals surface area contributed by atoms with Gasteiger partial charge >= 0.3 is 0 Å². The maximum absolute atomic E-state index is 13.4. The van der Waals surface area contributed by atoms with Crippen molar-refractivity contribution in [1.82, 2.24) is 4.98 Å². The largest absolute Gasteiger partial charge is 0.289 e. The standard InChI is InChI=1S/C25H17ClFNO/c1-16-24(23(29)14-9-17-5-4-6-20(27)15-17)25(18-10-12-19(26)13-11-18)21-7-2-3-8-22(21)28-16/h2-15H,1H3. The molecule has 0 saturated carbocycles. The van der Waals surface area contributed by atoms with Crippen LogP contribution in [0.4, 0.5) is 4.39 Å². The van der Waals surface area contributed by atoms with Crippen LogP contribution in [0.5, 0.6) is 0 Å². The molecule has 0 unspecified atom stereocenters. The second-order valence-corrected chi connectivity index (χ2v) is 7.16. The molecule has 0 N–H and O–H groups in total. The van der Waals surface area contributed by atoms with Crippen LogP contribution >= 0.6 is 11.6 Å². The summed E-state index contributed by atoms with van der Waals surface area (Å²) in [4.78, 5) is 17.8. The molecule has 2 nitrogen and oxygen atoms in total. The maximum atomic E-state index is 13.4. The van der Waals surface area contributed by atoms with Gasteiger partial charge < -0.3 is 0 Å². The van der Waals surface area contributed by atoms with Crippen molar-refractivity contribution in [3.05, 3.63) is 107 Å². The van der Waals surface area contributed by atoms with Crippen molar-refractivity contribution >= 4 is 34.4 Å². The van der Waals surface area contributed by atoms with Crippen molar-refractivity contribution in [3.8, 4) is 11.1 Å². The van der Waals surface area contributed by atoms with Gasteiger partial charge in [-0.1, -0.05) is 60.1 Å². The molecular formula is C25H17ClFNO. The van der Waals surface area contributed by atoms with Crippen LogP contribution in [0.2, 0.25) is 5.02 Å². The molecule has 0 aliphatic heterocycles. The molecule has 0 saturated heterocycles. The highest BCUT2D eigenvalue weighted by Gasteiger charge is 2.18. The van der Waals surface area contributed by atoms with Crippen LogP contribution in [0.3, 0.4) is 0 Å². The van der Waals surface area contributed by atoms with Gasteiger partial charge in [0, 0.05) is 21.7 Å². The average Bonchev–Trinajstić information content (AvgIpc) is 2.72. The van der Waals surface area contributed by atoms with E-state index in [0.717, 1.165) is 22.0 Å². The highest BCUT2D eigenvalue weighted by molar-refractivity contribution is 6.30. The molecule has 0 radical (unpaired) electrons. The molecule has 0 aliphatic carbocycles. The number of aryl methyl sites for hydroxylation is 1. The van der Waals surface area contributed by atoms with E-state index in [-0.39, 0.29) is 11.6 Å². The molecular weight excluding hydrogens is 385 g/mol. The summed E-state index contributed by atoms with van der Waals surface area (Å²) in [6.45, 7) is 1.83. The fourth-order valence-corrected chi connectivity index (χ4v) is 3.54. The first-order valence-corrected chi connectivity index (χ1v) is 9.54. The molecule has 4 heteroatoms. The Labute approximate surface area is 173 Å². The number of para-hydroxylation sites is 1. The number of hydrogen-bond donors (Lipinski definition) is 0. The van der Waals surface area contributed by atoms with E-state index in [2.05, 4.69) is 4.98 Å². The fourth-order valence-electron chi connectivity index (χ4n) is 3.42. The summed E-state index contributed by atoms with van der Waals surface area (Å²) in [5.41, 5.74) is 4.32. The Kier molecular flexibility index (Phi) is 5.24. The highest BCUT2D eigenvalue weighted by atomic mass is 35.5. The Bertz CT molecular complexity index is 1250. The van der Waals surface area contributed by atoms with E-state index in [4.69, 9.17) is 11.6 Å². The first kappa shape index (κ1) is 19.0. The van der Waals surface area contributed by atoms with Crippen molar-refractivity contribution in [3.63, 3.8) is 0 Å². The Balaban J connectivity index is 1.89. The molecule has 1 aromatic heterocycles. The number of benzene rings is 3. The van der Waals surface area contributed by atoms with Gasteiger partial charge in [0.15, 0.2) is 5.78 Å². The molecule has 0 aliphatic rings. The molecule has 0 spiro atoms. The van der Waals surface area contributed by atoms with Gasteiger partial charge in [0.2, 0.25) is 0 Å². The van der Waals surface area contributed by atoms with Gasteiger partial charge in [-0.05, 0) is 54.5 Å². The number of pyridine rings is 1. The van der Waals surface area contributed by atoms with Crippen molar-refractivity contribution in [2.75, 3.05) is 0 Å². The first-order chi connectivity index (χ1) is 14.0. The molecule has 0 amide bonds. The summed E-state index contributed by atoms with van der Waals surface area (Å²) in [6.07, 6.45) is 3.08. The van der Waals surface area contributed by atoms with Crippen molar-refractivity contribution < 1.29 is 9.18 Å². The monoisotopic (exact) mass is 401 g/mol. The average molecular weight is 402 g/mol. The molecule has 4 rings (SSSR count). The first-order valence-electron chi connectivity index (χ1n) is 9.16. The van der Waals surface area contributed by atoms with Gasteiger partial charge in [-0.3, -0.25) is 9.78 Å². The third-order valence-electron chi connectivity index (χ3n) is 4.73. The molecule has 29 heavy (non-hydrogen) atoms. The number of ketones is 1. The van der Waals surface area contributed by atoms with Gasteiger partial charge in [0.1, 0.15) is 5.82 Å². The maximum Gasteiger partial charge on any atom is 0.188 e. The van der Waals surface area contributed by atoms with Gasteiger partial charge in [-0.25, -0.2) is 4.39 Å². The minimum atomic E-state index is -0.343. The molecule has 0 atom stereocenters. The summed E-state index contributed by atoms with van der Waals surface area (Å²) in [6, 6.07) is 21.3. The van der Waals surface area contributed by atoms with Crippen LogP contribution in [0.15, 0.2) is 78.9 Å². The zero-order chi connectivity index (χ0) is 20.4. The smallest absolute Gasteiger partial charge is 0.188 e. The Hall–Kier alpha value is -3.30. The topological polar surface area (TPSA) is 30.0 Å². The van der Waals surface area contributed by atoms with E-state index in [1.807, 2.05) is 43.3 Å². The predicted molar refractivity (Wildman–Crippen MR) is 117 cm³/mol. The number of hydrogen-bond acceptors (Lipinski definition) is 2. The Morgan fingerprint density at radius 1 is 1.00 bits per heavy atom. The quantitative estimate of drug-likeness (QED) is 0.275. The second kappa shape index (κ2) is 7.98. The van der Waals surface area contributed by atoms with E-state index in [0.29, 0.717) is 21.8 Å². The number of halogens is 2. The lowest BCUT2D eigenvalue weighted by Crippen LogP contribution is -2.05. The number of aromatic nitrogens is 1. The summed E-state index contributed by atoms with van der Waals surface area (Å²) in [5.74, 6) is -0.528. The van der Waals surface area contributed by atoms with E-state index in [9.17, 15) is 9.18 Å². The number of nitrogens with zero attached hydrogens (tertiary/aromatic N) is 1. The lowest BCUT2D eigenvalue weighted by molar-refractivity contribution is 0.104. The van der Waals surface area contributed by atoms with E-state index in [1.165, 1.54) is 18.2 Å². The molecule has 1 heterocycles. The van der Waals surface area contributed by atoms with Crippen LogP contribution < -0.4 is 0 Å². The SMILES string of the molecule is Cc1nc2ccccc2c(-c2ccc(Cl)cc2)c1C(=O)C=Cc1cccc(F)c1. The van der Waals surface area contributed by atoms with E-state index >= 15 is 0 Å². The molecule has 0 fully saturated rings. The Morgan fingerprint density at radius 2 is 1.76 bits per heavy atom. The van der Waals surface area contributed by atoms with Crippen molar-refractivity contribution in [2.24, 2.45) is 0 Å². The minimum absolute atomic E-state index is 0.185. The lowest BCUT2D eigenvalue weighted by atomic mass is 9.92. The number of carbonyl (C=O) groups is 1. The van der Waals surface area contributed by atoms with Crippen LogP contribution in [0, 0.1) is 12.7 Å². The molecule has 4 aromatic rings. The number of fused-ring (bicyclic) bond motifs is 1. The minimum Gasteiger partial charge on any atom is -0.289 e. The van der Waals surface area contributed by atoms with E-state index in [1.54, 1.807) is 30.3 Å². The zero-order valence-electron chi connectivity index (χ0n) is 15.7. The number of carbonyl (C=O) groups excluding carboxylic acids is 1. The zero-order valence-corrected chi connectivity index (χ0v) is 16.5. The normalized spacial score (nSPS) is 11.3. The van der Waals surface area contributed by atoms with Crippen LogP contribution in [-0.2, 0) is 0 Å². The van der Waals surface area contributed by atoms with Gasteiger partial charge in [0.05, 0.1) is 11.1 Å². The van der Waals surface area contributed by atoms with Gasteiger partial charge in [-0.2, -0.15) is 0 Å². The fraction of sp³-hybridized carbons (Fsp3) is 0.0400. The summed E-state index contributed by atoms with van der Waals surface area (Å²) >= 11 is 6.06. The summed E-state index contributed by atoms with van der Waals surface area (Å²) < 4.78 is 13.4. The molecule has 142 valence electrons. The van der Waals surface area contributed by atoms with E-state index < -0.39 is 0 Å². The third kappa shape index (κ3) is 3.96. The second-order valence-electron chi connectivity index (χ2n) is 6.72. The molecule has 0 bridgehead atoms. The highest BCUT2D eigenvalue weighted by Crippen LogP contribution is 2.34.